The number of nitrogens with two attached hydrogens (primary N) is 1. The minimum atomic E-state index is -0.943. The summed E-state index contributed by atoms with van der Waals surface area (Å²) in [5.41, 5.74) is 5.64. The fourth-order valence-electron chi connectivity index (χ4n) is 1.07. The van der Waals surface area contributed by atoms with E-state index in [0.29, 0.717) is 5.56 Å². The van der Waals surface area contributed by atoms with Gasteiger partial charge < -0.3 is 11.1 Å². The van der Waals surface area contributed by atoms with E-state index in [2.05, 4.69) is 17.5 Å². The number of hydrogen-bond acceptors (Lipinski definition) is 2. The van der Waals surface area contributed by atoms with Gasteiger partial charge in [-0.25, -0.2) is 8.78 Å². The SMILES string of the molecule is NC(=S)CC(=O)NCc1ccc(F)c(F)c1. The largest absolute Gasteiger partial charge is 0.393 e. The lowest BCUT2D eigenvalue weighted by atomic mass is 10.2. The van der Waals surface area contributed by atoms with Crippen LogP contribution in [-0.2, 0) is 11.3 Å². The maximum absolute atomic E-state index is 12.8. The summed E-state index contributed by atoms with van der Waals surface area (Å²) in [5, 5.41) is 2.48. The molecule has 3 nitrogen and oxygen atoms in total. The van der Waals surface area contributed by atoms with Crippen molar-refractivity contribution in [3.05, 3.63) is 35.4 Å². The Kier molecular flexibility index (Phi) is 4.30. The van der Waals surface area contributed by atoms with Crippen LogP contribution in [0.5, 0.6) is 0 Å². The molecule has 0 saturated carbocycles. The van der Waals surface area contributed by atoms with Crippen LogP contribution in [0.15, 0.2) is 18.2 Å². The van der Waals surface area contributed by atoms with Crippen LogP contribution in [0.25, 0.3) is 0 Å². The van der Waals surface area contributed by atoms with Gasteiger partial charge in [0.05, 0.1) is 11.4 Å². The lowest BCUT2D eigenvalue weighted by Gasteiger charge is -2.04. The van der Waals surface area contributed by atoms with Gasteiger partial charge in [-0.05, 0) is 17.7 Å². The molecule has 0 aliphatic heterocycles. The monoisotopic (exact) mass is 244 g/mol. The predicted octanol–water partition coefficient (Wildman–Crippen LogP) is 1.26. The Labute approximate surface area is 96.6 Å². The molecule has 1 aromatic carbocycles. The number of hydrogen-bond donors (Lipinski definition) is 2. The zero-order valence-electron chi connectivity index (χ0n) is 8.30. The molecule has 0 heterocycles. The summed E-state index contributed by atoms with van der Waals surface area (Å²) in [5.74, 6) is -2.21. The third-order valence-corrected chi connectivity index (χ3v) is 1.95. The first-order valence-electron chi connectivity index (χ1n) is 4.48. The molecule has 0 bridgehead atoms. The highest BCUT2D eigenvalue weighted by molar-refractivity contribution is 7.80. The maximum atomic E-state index is 12.8. The number of halogens is 2. The van der Waals surface area contributed by atoms with E-state index >= 15 is 0 Å². The molecule has 16 heavy (non-hydrogen) atoms. The summed E-state index contributed by atoms with van der Waals surface area (Å²) in [7, 11) is 0. The lowest BCUT2D eigenvalue weighted by molar-refractivity contribution is -0.120. The molecule has 0 aromatic heterocycles. The van der Waals surface area contributed by atoms with Crippen molar-refractivity contribution in [2.24, 2.45) is 5.73 Å². The van der Waals surface area contributed by atoms with Crippen LogP contribution in [-0.4, -0.2) is 10.9 Å². The second-order valence-corrected chi connectivity index (χ2v) is 3.69. The second-order valence-electron chi connectivity index (χ2n) is 3.17. The van der Waals surface area contributed by atoms with Crippen molar-refractivity contribution < 1.29 is 13.6 Å². The fourth-order valence-corrected chi connectivity index (χ4v) is 1.20. The first-order valence-corrected chi connectivity index (χ1v) is 4.89. The highest BCUT2D eigenvalue weighted by Crippen LogP contribution is 2.08. The number of rotatable bonds is 4. The molecule has 0 saturated heterocycles. The first-order chi connectivity index (χ1) is 7.49. The van der Waals surface area contributed by atoms with Gasteiger partial charge in [0.2, 0.25) is 5.91 Å². The third kappa shape index (κ3) is 3.90. The molecule has 0 aliphatic carbocycles. The third-order valence-electron chi connectivity index (χ3n) is 1.81. The Morgan fingerprint density at radius 2 is 2.06 bits per heavy atom. The predicted molar refractivity (Wildman–Crippen MR) is 59.6 cm³/mol. The van der Waals surface area contributed by atoms with Crippen LogP contribution in [0, 0.1) is 11.6 Å². The van der Waals surface area contributed by atoms with Gasteiger partial charge in [0.15, 0.2) is 11.6 Å². The number of nitrogens with one attached hydrogen (secondary N) is 1. The highest BCUT2D eigenvalue weighted by atomic mass is 32.1. The van der Waals surface area contributed by atoms with Gasteiger partial charge in [-0.1, -0.05) is 18.3 Å². The lowest BCUT2D eigenvalue weighted by Crippen LogP contribution is -2.27. The summed E-state index contributed by atoms with van der Waals surface area (Å²) < 4.78 is 25.4. The van der Waals surface area contributed by atoms with Crippen molar-refractivity contribution in [3.8, 4) is 0 Å². The molecule has 0 radical (unpaired) electrons. The zero-order chi connectivity index (χ0) is 12.1. The van der Waals surface area contributed by atoms with E-state index < -0.39 is 11.6 Å². The summed E-state index contributed by atoms with van der Waals surface area (Å²) in [6.07, 6.45) is -0.0565. The standard InChI is InChI=1S/C10H10F2N2OS/c11-7-2-1-6(3-8(7)12)5-14-10(15)4-9(13)16/h1-3H,4-5H2,(H2,13,16)(H,14,15). The Morgan fingerprint density at radius 3 is 2.62 bits per heavy atom. The van der Waals surface area contributed by atoms with Crippen LogP contribution in [0.4, 0.5) is 8.78 Å². The van der Waals surface area contributed by atoms with Gasteiger partial charge in [-0.3, -0.25) is 4.79 Å². The molecule has 6 heteroatoms. The van der Waals surface area contributed by atoms with Gasteiger partial charge in [0, 0.05) is 6.54 Å². The fraction of sp³-hybridized carbons (Fsp3) is 0.200. The van der Waals surface area contributed by atoms with E-state index in [1.165, 1.54) is 6.07 Å². The average molecular weight is 244 g/mol. The van der Waals surface area contributed by atoms with E-state index in [1.807, 2.05) is 0 Å². The van der Waals surface area contributed by atoms with Gasteiger partial charge in [-0.2, -0.15) is 0 Å². The molecular formula is C10H10F2N2OS. The van der Waals surface area contributed by atoms with Crippen LogP contribution >= 0.6 is 12.2 Å². The van der Waals surface area contributed by atoms with E-state index in [-0.39, 0.29) is 23.9 Å². The van der Waals surface area contributed by atoms with Crippen molar-refractivity contribution in [1.29, 1.82) is 0 Å². The smallest absolute Gasteiger partial charge is 0.227 e. The van der Waals surface area contributed by atoms with Gasteiger partial charge in [0.25, 0.3) is 0 Å². The molecule has 1 aromatic rings. The number of benzene rings is 1. The van der Waals surface area contributed by atoms with Crippen molar-refractivity contribution in [2.75, 3.05) is 0 Å². The molecule has 0 aliphatic rings. The highest BCUT2D eigenvalue weighted by Gasteiger charge is 2.05. The first kappa shape index (κ1) is 12.5. The number of carbonyl (C=O) groups excluding carboxylic acids is 1. The topological polar surface area (TPSA) is 55.1 Å². The molecule has 86 valence electrons. The summed E-state index contributed by atoms with van der Waals surface area (Å²) in [6.45, 7) is 0.110. The Balaban J connectivity index is 2.51. The quantitative estimate of drug-likeness (QED) is 0.784. The minimum absolute atomic E-state index is 0.0565. The Morgan fingerprint density at radius 1 is 1.38 bits per heavy atom. The van der Waals surface area contributed by atoms with Gasteiger partial charge in [-0.15, -0.1) is 0 Å². The molecule has 0 fully saturated rings. The Hall–Kier alpha value is -1.56. The molecule has 0 spiro atoms. The van der Waals surface area contributed by atoms with E-state index in [9.17, 15) is 13.6 Å². The van der Waals surface area contributed by atoms with E-state index in [4.69, 9.17) is 5.73 Å². The van der Waals surface area contributed by atoms with Gasteiger partial charge >= 0.3 is 0 Å². The van der Waals surface area contributed by atoms with Crippen LogP contribution in [0.1, 0.15) is 12.0 Å². The molecule has 3 N–H and O–H groups in total. The van der Waals surface area contributed by atoms with Gasteiger partial charge in [0.1, 0.15) is 0 Å². The van der Waals surface area contributed by atoms with Crippen molar-refractivity contribution in [1.82, 2.24) is 5.32 Å². The molecule has 0 unspecified atom stereocenters. The molecular weight excluding hydrogens is 234 g/mol. The maximum Gasteiger partial charge on any atom is 0.227 e. The molecule has 1 amide bonds. The molecule has 0 atom stereocenters. The minimum Gasteiger partial charge on any atom is -0.393 e. The average Bonchev–Trinajstić information content (AvgIpc) is 2.19. The zero-order valence-corrected chi connectivity index (χ0v) is 9.11. The normalized spacial score (nSPS) is 9.88. The summed E-state index contributed by atoms with van der Waals surface area (Å²) in [4.78, 5) is 11.2. The van der Waals surface area contributed by atoms with E-state index in [0.717, 1.165) is 12.1 Å². The number of carbonyl (C=O) groups is 1. The number of thiocarbonyl (C=S) groups is 1. The number of amides is 1. The van der Waals surface area contributed by atoms with Crippen molar-refractivity contribution in [2.45, 2.75) is 13.0 Å². The van der Waals surface area contributed by atoms with Crippen molar-refractivity contribution in [3.63, 3.8) is 0 Å². The molecule has 1 rings (SSSR count). The van der Waals surface area contributed by atoms with Crippen LogP contribution < -0.4 is 11.1 Å². The summed E-state index contributed by atoms with van der Waals surface area (Å²) in [6, 6.07) is 3.42. The van der Waals surface area contributed by atoms with Crippen molar-refractivity contribution >= 4 is 23.1 Å². The van der Waals surface area contributed by atoms with E-state index in [1.54, 1.807) is 0 Å². The Bertz CT molecular complexity index is 423. The van der Waals surface area contributed by atoms with Crippen LogP contribution in [0.3, 0.4) is 0 Å². The summed E-state index contributed by atoms with van der Waals surface area (Å²) >= 11 is 4.55. The second kappa shape index (κ2) is 5.50. The van der Waals surface area contributed by atoms with Crippen LogP contribution in [0.2, 0.25) is 0 Å².